The summed E-state index contributed by atoms with van der Waals surface area (Å²) >= 11 is 6.09. The lowest BCUT2D eigenvalue weighted by molar-refractivity contribution is 0.415. The SMILES string of the molecule is CCCNc1cc(Nc2ccc(OC)c(Cl)c2)ncn1. The quantitative estimate of drug-likeness (QED) is 0.850. The summed E-state index contributed by atoms with van der Waals surface area (Å²) in [5.74, 6) is 2.15. The molecule has 0 amide bonds. The van der Waals surface area contributed by atoms with E-state index in [4.69, 9.17) is 16.3 Å². The smallest absolute Gasteiger partial charge is 0.137 e. The molecular weight excluding hydrogens is 276 g/mol. The van der Waals surface area contributed by atoms with Crippen LogP contribution in [0.25, 0.3) is 0 Å². The molecule has 1 aromatic heterocycles. The molecule has 0 saturated heterocycles. The maximum Gasteiger partial charge on any atom is 0.137 e. The Bertz CT molecular complexity index is 577. The Morgan fingerprint density at radius 1 is 1.20 bits per heavy atom. The van der Waals surface area contributed by atoms with Crippen LogP contribution >= 0.6 is 11.6 Å². The molecule has 0 unspecified atom stereocenters. The molecule has 1 aromatic carbocycles. The van der Waals surface area contributed by atoms with E-state index < -0.39 is 0 Å². The summed E-state index contributed by atoms with van der Waals surface area (Å²) in [4.78, 5) is 8.33. The van der Waals surface area contributed by atoms with Crippen molar-refractivity contribution in [2.45, 2.75) is 13.3 Å². The standard InChI is InChI=1S/C14H17ClN4O/c1-3-6-16-13-8-14(18-9-17-13)19-10-4-5-12(20-2)11(15)7-10/h4-5,7-9H,3,6H2,1-2H3,(H2,16,17,18,19). The number of nitrogens with one attached hydrogen (secondary N) is 2. The van der Waals surface area contributed by atoms with E-state index in [0.29, 0.717) is 16.6 Å². The number of ether oxygens (including phenoxy) is 1. The van der Waals surface area contributed by atoms with Crippen LogP contribution in [0.2, 0.25) is 5.02 Å². The van der Waals surface area contributed by atoms with Crippen LogP contribution in [0.15, 0.2) is 30.6 Å². The Morgan fingerprint density at radius 3 is 2.70 bits per heavy atom. The van der Waals surface area contributed by atoms with E-state index in [9.17, 15) is 0 Å². The van der Waals surface area contributed by atoms with Gasteiger partial charge in [-0.3, -0.25) is 0 Å². The van der Waals surface area contributed by atoms with Crippen molar-refractivity contribution in [2.75, 3.05) is 24.3 Å². The van der Waals surface area contributed by atoms with Gasteiger partial charge in [0.25, 0.3) is 0 Å². The van der Waals surface area contributed by atoms with Crippen molar-refractivity contribution < 1.29 is 4.74 Å². The minimum Gasteiger partial charge on any atom is -0.495 e. The number of rotatable bonds is 6. The molecule has 0 bridgehead atoms. The highest BCUT2D eigenvalue weighted by Crippen LogP contribution is 2.28. The fourth-order valence-electron chi connectivity index (χ4n) is 1.67. The largest absolute Gasteiger partial charge is 0.495 e. The fourth-order valence-corrected chi connectivity index (χ4v) is 1.93. The second kappa shape index (κ2) is 6.96. The van der Waals surface area contributed by atoms with Crippen molar-refractivity contribution >= 4 is 28.9 Å². The summed E-state index contributed by atoms with van der Waals surface area (Å²) < 4.78 is 5.12. The average Bonchev–Trinajstić information content (AvgIpc) is 2.46. The van der Waals surface area contributed by atoms with Gasteiger partial charge in [0, 0.05) is 18.3 Å². The van der Waals surface area contributed by atoms with Crippen LogP contribution in [-0.2, 0) is 0 Å². The number of hydrogen-bond donors (Lipinski definition) is 2. The second-order valence-electron chi connectivity index (χ2n) is 4.19. The first kappa shape index (κ1) is 14.4. The highest BCUT2D eigenvalue weighted by molar-refractivity contribution is 6.32. The van der Waals surface area contributed by atoms with Crippen LogP contribution in [0.5, 0.6) is 5.75 Å². The molecular formula is C14H17ClN4O. The highest BCUT2D eigenvalue weighted by Gasteiger charge is 2.03. The Hall–Kier alpha value is -2.01. The second-order valence-corrected chi connectivity index (χ2v) is 4.60. The van der Waals surface area contributed by atoms with Gasteiger partial charge in [-0.25, -0.2) is 9.97 Å². The van der Waals surface area contributed by atoms with E-state index in [0.717, 1.165) is 24.5 Å². The molecule has 1 heterocycles. The van der Waals surface area contributed by atoms with Gasteiger partial charge in [0.05, 0.1) is 12.1 Å². The van der Waals surface area contributed by atoms with Crippen molar-refractivity contribution in [3.05, 3.63) is 35.6 Å². The molecule has 2 N–H and O–H groups in total. The predicted molar refractivity (Wildman–Crippen MR) is 82.1 cm³/mol. The van der Waals surface area contributed by atoms with Crippen LogP contribution in [-0.4, -0.2) is 23.6 Å². The van der Waals surface area contributed by atoms with Gasteiger partial charge in [-0.1, -0.05) is 18.5 Å². The summed E-state index contributed by atoms with van der Waals surface area (Å²) in [6.45, 7) is 2.98. The summed E-state index contributed by atoms with van der Waals surface area (Å²) in [6.07, 6.45) is 2.56. The molecule has 0 fully saturated rings. The predicted octanol–water partition coefficient (Wildman–Crippen LogP) is 3.70. The van der Waals surface area contributed by atoms with Gasteiger partial charge in [-0.05, 0) is 24.6 Å². The van der Waals surface area contributed by atoms with Gasteiger partial charge in [-0.2, -0.15) is 0 Å². The average molecular weight is 293 g/mol. The number of hydrogen-bond acceptors (Lipinski definition) is 5. The molecule has 0 radical (unpaired) electrons. The first-order chi connectivity index (χ1) is 9.72. The topological polar surface area (TPSA) is 59.1 Å². The van der Waals surface area contributed by atoms with Crippen molar-refractivity contribution in [3.63, 3.8) is 0 Å². The maximum absolute atomic E-state index is 6.09. The van der Waals surface area contributed by atoms with Gasteiger partial charge in [0.1, 0.15) is 23.7 Å². The monoisotopic (exact) mass is 292 g/mol. The van der Waals surface area contributed by atoms with Crippen LogP contribution in [0.3, 0.4) is 0 Å². The number of benzene rings is 1. The number of methoxy groups -OCH3 is 1. The van der Waals surface area contributed by atoms with E-state index >= 15 is 0 Å². The molecule has 6 heteroatoms. The van der Waals surface area contributed by atoms with Crippen molar-refractivity contribution in [3.8, 4) is 5.75 Å². The van der Waals surface area contributed by atoms with Gasteiger partial charge in [0.2, 0.25) is 0 Å². The molecule has 0 aliphatic rings. The van der Waals surface area contributed by atoms with E-state index in [2.05, 4.69) is 27.5 Å². The summed E-state index contributed by atoms with van der Waals surface area (Å²) in [7, 11) is 1.59. The van der Waals surface area contributed by atoms with Crippen LogP contribution in [0.4, 0.5) is 17.3 Å². The molecule has 0 aliphatic heterocycles. The lowest BCUT2D eigenvalue weighted by Crippen LogP contribution is -2.03. The minimum atomic E-state index is 0.552. The number of aromatic nitrogens is 2. The lowest BCUT2D eigenvalue weighted by Gasteiger charge is -2.09. The Morgan fingerprint density at radius 2 is 2.00 bits per heavy atom. The Balaban J connectivity index is 2.11. The normalized spacial score (nSPS) is 10.2. The Kier molecular flexibility index (Phi) is 5.01. The third-order valence-corrected chi connectivity index (χ3v) is 2.94. The zero-order valence-electron chi connectivity index (χ0n) is 11.5. The molecule has 106 valence electrons. The van der Waals surface area contributed by atoms with Crippen molar-refractivity contribution in [1.82, 2.24) is 9.97 Å². The van der Waals surface area contributed by atoms with Gasteiger partial charge >= 0.3 is 0 Å². The van der Waals surface area contributed by atoms with Gasteiger partial charge in [0.15, 0.2) is 0 Å². The fraction of sp³-hybridized carbons (Fsp3) is 0.286. The van der Waals surface area contributed by atoms with Crippen LogP contribution < -0.4 is 15.4 Å². The maximum atomic E-state index is 6.09. The summed E-state index contributed by atoms with van der Waals surface area (Å²) in [6, 6.07) is 7.34. The highest BCUT2D eigenvalue weighted by atomic mass is 35.5. The number of anilines is 3. The zero-order valence-corrected chi connectivity index (χ0v) is 12.2. The zero-order chi connectivity index (χ0) is 14.4. The van der Waals surface area contributed by atoms with E-state index in [1.165, 1.54) is 6.33 Å². The van der Waals surface area contributed by atoms with E-state index in [-0.39, 0.29) is 0 Å². The summed E-state index contributed by atoms with van der Waals surface area (Å²) in [5.41, 5.74) is 0.843. The molecule has 5 nitrogen and oxygen atoms in total. The molecule has 0 aliphatic carbocycles. The van der Waals surface area contributed by atoms with Crippen LogP contribution in [0.1, 0.15) is 13.3 Å². The minimum absolute atomic E-state index is 0.552. The first-order valence-corrected chi connectivity index (χ1v) is 6.77. The Labute approximate surface area is 123 Å². The third kappa shape index (κ3) is 3.74. The number of halogens is 1. The molecule has 20 heavy (non-hydrogen) atoms. The van der Waals surface area contributed by atoms with Gasteiger partial charge in [-0.15, -0.1) is 0 Å². The molecule has 0 saturated carbocycles. The van der Waals surface area contributed by atoms with Gasteiger partial charge < -0.3 is 15.4 Å². The van der Waals surface area contributed by atoms with Crippen LogP contribution in [0, 0.1) is 0 Å². The first-order valence-electron chi connectivity index (χ1n) is 6.39. The molecule has 0 spiro atoms. The molecule has 2 aromatic rings. The molecule has 2 rings (SSSR count). The van der Waals surface area contributed by atoms with E-state index in [1.54, 1.807) is 13.2 Å². The number of nitrogens with zero attached hydrogens (tertiary/aromatic N) is 2. The van der Waals surface area contributed by atoms with E-state index in [1.807, 2.05) is 18.2 Å². The van der Waals surface area contributed by atoms with Crippen molar-refractivity contribution in [1.29, 1.82) is 0 Å². The summed E-state index contributed by atoms with van der Waals surface area (Å²) in [5, 5.41) is 6.95. The molecule has 0 atom stereocenters. The lowest BCUT2D eigenvalue weighted by atomic mass is 10.3. The third-order valence-electron chi connectivity index (χ3n) is 2.65. The van der Waals surface area contributed by atoms with Crippen molar-refractivity contribution in [2.24, 2.45) is 0 Å².